The predicted molar refractivity (Wildman–Crippen MR) is 114 cm³/mol. The number of carbonyl (C=O) groups is 1. The van der Waals surface area contributed by atoms with Crippen molar-refractivity contribution < 1.29 is 9.18 Å². The Labute approximate surface area is 169 Å². The first-order valence-corrected chi connectivity index (χ1v) is 9.82. The van der Waals surface area contributed by atoms with Crippen LogP contribution in [-0.2, 0) is 0 Å². The van der Waals surface area contributed by atoms with Crippen LogP contribution in [0.4, 0.5) is 27.3 Å². The van der Waals surface area contributed by atoms with Crippen molar-refractivity contribution in [3.05, 3.63) is 78.2 Å². The van der Waals surface area contributed by atoms with E-state index in [9.17, 15) is 9.18 Å². The Hall–Kier alpha value is -3.41. The molecular formula is C23H23FN4O. The molecule has 4 rings (SSSR count). The highest BCUT2D eigenvalue weighted by Gasteiger charge is 2.11. The molecule has 1 saturated heterocycles. The van der Waals surface area contributed by atoms with E-state index >= 15 is 0 Å². The van der Waals surface area contributed by atoms with Crippen LogP contribution in [0, 0.1) is 5.82 Å². The molecule has 29 heavy (non-hydrogen) atoms. The summed E-state index contributed by atoms with van der Waals surface area (Å²) in [5, 5.41) is 6.02. The average Bonchev–Trinajstić information content (AvgIpc) is 2.77. The summed E-state index contributed by atoms with van der Waals surface area (Å²) in [6.07, 6.45) is 5.43. The van der Waals surface area contributed by atoms with Crippen LogP contribution in [0.3, 0.4) is 0 Å². The summed E-state index contributed by atoms with van der Waals surface area (Å²) in [6.45, 7) is 2.25. The molecule has 3 aromatic rings. The molecule has 1 aliphatic rings. The Morgan fingerprint density at radius 1 is 0.862 bits per heavy atom. The summed E-state index contributed by atoms with van der Waals surface area (Å²) in [6, 6.07) is 17.4. The monoisotopic (exact) mass is 390 g/mol. The fourth-order valence-electron chi connectivity index (χ4n) is 3.40. The van der Waals surface area contributed by atoms with Crippen molar-refractivity contribution in [1.82, 2.24) is 4.98 Å². The Bertz CT molecular complexity index is 950. The minimum atomic E-state index is -0.373. The molecule has 0 saturated carbocycles. The van der Waals surface area contributed by atoms with Crippen molar-refractivity contribution in [3.63, 3.8) is 0 Å². The van der Waals surface area contributed by atoms with E-state index < -0.39 is 0 Å². The molecule has 148 valence electrons. The van der Waals surface area contributed by atoms with Gasteiger partial charge >= 0.3 is 0 Å². The summed E-state index contributed by atoms with van der Waals surface area (Å²) in [4.78, 5) is 19.0. The lowest BCUT2D eigenvalue weighted by molar-refractivity contribution is 0.102. The molecule has 1 amide bonds. The van der Waals surface area contributed by atoms with Crippen LogP contribution in [0.1, 0.15) is 29.6 Å². The van der Waals surface area contributed by atoms with Crippen LogP contribution in [0.5, 0.6) is 0 Å². The van der Waals surface area contributed by atoms with Crippen molar-refractivity contribution in [2.24, 2.45) is 0 Å². The van der Waals surface area contributed by atoms with Crippen molar-refractivity contribution in [3.8, 4) is 0 Å². The Morgan fingerprint density at radius 3 is 2.21 bits per heavy atom. The molecule has 0 radical (unpaired) electrons. The normalized spacial score (nSPS) is 13.8. The van der Waals surface area contributed by atoms with Gasteiger partial charge in [0.25, 0.3) is 5.91 Å². The van der Waals surface area contributed by atoms with Gasteiger partial charge in [0.1, 0.15) is 11.6 Å². The molecule has 6 heteroatoms. The number of nitrogens with zero attached hydrogens (tertiary/aromatic N) is 2. The first-order valence-electron chi connectivity index (χ1n) is 9.82. The smallest absolute Gasteiger partial charge is 0.255 e. The van der Waals surface area contributed by atoms with Gasteiger partial charge in [-0.1, -0.05) is 0 Å². The quantitative estimate of drug-likeness (QED) is 0.628. The number of halogens is 1. The van der Waals surface area contributed by atoms with Gasteiger partial charge in [-0.25, -0.2) is 9.37 Å². The number of piperidine rings is 1. The lowest BCUT2D eigenvalue weighted by atomic mass is 10.1. The first-order chi connectivity index (χ1) is 14.2. The van der Waals surface area contributed by atoms with Gasteiger partial charge in [-0.05, 0) is 79.9 Å². The van der Waals surface area contributed by atoms with Gasteiger partial charge < -0.3 is 15.5 Å². The second-order valence-corrected chi connectivity index (χ2v) is 7.11. The maximum absolute atomic E-state index is 13.0. The van der Waals surface area contributed by atoms with Gasteiger partial charge in [0.05, 0.1) is 11.9 Å². The zero-order valence-corrected chi connectivity index (χ0v) is 16.1. The number of rotatable bonds is 5. The maximum Gasteiger partial charge on any atom is 0.255 e. The zero-order valence-electron chi connectivity index (χ0n) is 16.1. The first kappa shape index (κ1) is 18.9. The number of aromatic nitrogens is 1. The van der Waals surface area contributed by atoms with Crippen molar-refractivity contribution in [2.75, 3.05) is 28.6 Å². The van der Waals surface area contributed by atoms with Crippen molar-refractivity contribution >= 4 is 28.8 Å². The van der Waals surface area contributed by atoms with Crippen LogP contribution in [-0.4, -0.2) is 24.0 Å². The van der Waals surface area contributed by atoms with E-state index in [-0.39, 0.29) is 11.7 Å². The maximum atomic E-state index is 13.0. The van der Waals surface area contributed by atoms with Gasteiger partial charge in [0.15, 0.2) is 0 Å². The number of amides is 1. The second kappa shape index (κ2) is 8.73. The lowest BCUT2D eigenvalue weighted by Crippen LogP contribution is -2.29. The molecule has 0 atom stereocenters. The Balaban J connectivity index is 1.35. The van der Waals surface area contributed by atoms with E-state index in [4.69, 9.17) is 0 Å². The third-order valence-corrected chi connectivity index (χ3v) is 4.99. The number of anilines is 4. The fourth-order valence-corrected chi connectivity index (χ4v) is 3.40. The SMILES string of the molecule is O=C(Nc1ccc(Nc2ccc(N3CCCCC3)cc2)nc1)c1ccc(F)cc1. The molecule has 2 heterocycles. The van der Waals surface area contributed by atoms with Crippen LogP contribution in [0.15, 0.2) is 66.9 Å². The number of nitrogens with one attached hydrogen (secondary N) is 2. The third-order valence-electron chi connectivity index (χ3n) is 4.99. The van der Waals surface area contributed by atoms with Crippen LogP contribution >= 0.6 is 0 Å². The summed E-state index contributed by atoms with van der Waals surface area (Å²) in [7, 11) is 0. The van der Waals surface area contributed by atoms with Gasteiger partial charge in [0.2, 0.25) is 0 Å². The fraction of sp³-hybridized carbons (Fsp3) is 0.217. The van der Waals surface area contributed by atoms with Crippen LogP contribution < -0.4 is 15.5 Å². The summed E-state index contributed by atoms with van der Waals surface area (Å²) in [5.74, 6) is 0.0129. The van der Waals surface area contributed by atoms with Crippen LogP contribution in [0.25, 0.3) is 0 Å². The molecular weight excluding hydrogens is 367 g/mol. The molecule has 0 aliphatic carbocycles. The molecule has 0 bridgehead atoms. The molecule has 1 fully saturated rings. The predicted octanol–water partition coefficient (Wildman–Crippen LogP) is 5.21. The van der Waals surface area contributed by atoms with E-state index in [1.807, 2.05) is 0 Å². The highest BCUT2D eigenvalue weighted by Crippen LogP contribution is 2.23. The molecule has 2 N–H and O–H groups in total. The van der Waals surface area contributed by atoms with E-state index in [0.717, 1.165) is 18.8 Å². The van der Waals surface area contributed by atoms with Gasteiger partial charge in [-0.15, -0.1) is 0 Å². The van der Waals surface area contributed by atoms with Crippen molar-refractivity contribution in [2.45, 2.75) is 19.3 Å². The Kier molecular flexibility index (Phi) is 5.70. The molecule has 1 aliphatic heterocycles. The second-order valence-electron chi connectivity index (χ2n) is 7.11. The molecule has 1 aromatic heterocycles. The highest BCUT2D eigenvalue weighted by atomic mass is 19.1. The third kappa shape index (κ3) is 4.90. The number of hydrogen-bond acceptors (Lipinski definition) is 4. The highest BCUT2D eigenvalue weighted by molar-refractivity contribution is 6.04. The lowest BCUT2D eigenvalue weighted by Gasteiger charge is -2.28. The summed E-state index contributed by atoms with van der Waals surface area (Å²) in [5.41, 5.74) is 3.18. The zero-order chi connectivity index (χ0) is 20.1. The van der Waals surface area contributed by atoms with E-state index in [1.54, 1.807) is 18.3 Å². The van der Waals surface area contributed by atoms with Gasteiger partial charge in [-0.3, -0.25) is 4.79 Å². The molecule has 2 aromatic carbocycles. The van der Waals surface area contributed by atoms with Gasteiger partial charge in [0, 0.05) is 30.0 Å². The number of pyridine rings is 1. The standard InChI is InChI=1S/C23H23FN4O/c24-18-6-4-17(5-7-18)23(29)27-20-10-13-22(25-16-20)26-19-8-11-21(12-9-19)28-14-2-1-3-15-28/h4-13,16H,1-3,14-15H2,(H,25,26)(H,27,29). The topological polar surface area (TPSA) is 57.3 Å². The number of benzene rings is 2. The van der Waals surface area contributed by atoms with Gasteiger partial charge in [-0.2, -0.15) is 0 Å². The van der Waals surface area contributed by atoms with E-state index in [1.165, 1.54) is 49.2 Å². The molecule has 0 spiro atoms. The minimum absolute atomic E-state index is 0.305. The van der Waals surface area contributed by atoms with E-state index in [0.29, 0.717) is 17.1 Å². The van der Waals surface area contributed by atoms with Crippen LogP contribution in [0.2, 0.25) is 0 Å². The van der Waals surface area contributed by atoms with E-state index in [2.05, 4.69) is 44.8 Å². The molecule has 5 nitrogen and oxygen atoms in total. The molecule has 0 unspecified atom stereocenters. The number of hydrogen-bond donors (Lipinski definition) is 2. The number of carbonyl (C=O) groups excluding carboxylic acids is 1. The summed E-state index contributed by atoms with van der Waals surface area (Å²) >= 11 is 0. The largest absolute Gasteiger partial charge is 0.372 e. The van der Waals surface area contributed by atoms with Crippen molar-refractivity contribution in [1.29, 1.82) is 0 Å². The Morgan fingerprint density at radius 2 is 1.55 bits per heavy atom. The average molecular weight is 390 g/mol. The minimum Gasteiger partial charge on any atom is -0.372 e. The summed E-state index contributed by atoms with van der Waals surface area (Å²) < 4.78 is 13.0.